The molecule has 2 aromatic carbocycles. The largest absolute Gasteiger partial charge is 0.385 e. The molecule has 4 amide bonds. The molecule has 2 fully saturated rings. The number of hydrogen-bond donors (Lipinski definition) is 4. The Bertz CT molecular complexity index is 2590. The second kappa shape index (κ2) is 19.4. The number of amidine groups is 1. The first-order valence-corrected chi connectivity index (χ1v) is 22.9. The van der Waals surface area contributed by atoms with E-state index in [1.165, 1.54) is 22.1 Å². The van der Waals surface area contributed by atoms with E-state index in [1.54, 1.807) is 36.1 Å². The Kier molecular flexibility index (Phi) is 13.5. The topological polar surface area (TPSA) is 183 Å². The highest BCUT2D eigenvalue weighted by Crippen LogP contribution is 2.40. The number of hydrogen-bond acceptors (Lipinski definition) is 9. The number of amides is 4. The number of anilines is 2. The van der Waals surface area contributed by atoms with E-state index in [-0.39, 0.29) is 60.2 Å². The Labute approximate surface area is 376 Å². The maximum atomic E-state index is 14.6. The molecule has 2 saturated heterocycles. The van der Waals surface area contributed by atoms with Gasteiger partial charge in [0.1, 0.15) is 11.9 Å². The van der Waals surface area contributed by atoms with Crippen LogP contribution in [0.25, 0.3) is 22.2 Å². The molecule has 0 spiro atoms. The van der Waals surface area contributed by atoms with Gasteiger partial charge in [-0.05, 0) is 86.4 Å². The van der Waals surface area contributed by atoms with Gasteiger partial charge in [0, 0.05) is 119 Å². The molecular formula is C47H59F2N11O5. The lowest BCUT2D eigenvalue weighted by Crippen LogP contribution is -2.48. The zero-order valence-electron chi connectivity index (χ0n) is 37.4. The van der Waals surface area contributed by atoms with Crippen LogP contribution >= 0.6 is 0 Å². The smallest absolute Gasteiger partial charge is 0.329 e. The van der Waals surface area contributed by atoms with Crippen LogP contribution in [0, 0.1) is 5.41 Å². The van der Waals surface area contributed by atoms with Crippen molar-refractivity contribution >= 4 is 51.9 Å². The van der Waals surface area contributed by atoms with Crippen LogP contribution in [-0.2, 0) is 39.7 Å². The number of aromatic nitrogens is 4. The molecule has 8 rings (SSSR count). The third kappa shape index (κ3) is 9.71. The van der Waals surface area contributed by atoms with Crippen LogP contribution in [0.2, 0.25) is 0 Å². The van der Waals surface area contributed by atoms with Crippen LogP contribution in [0.4, 0.5) is 20.2 Å². The van der Waals surface area contributed by atoms with Crippen molar-refractivity contribution in [3.8, 4) is 11.1 Å². The van der Waals surface area contributed by atoms with Crippen molar-refractivity contribution in [2.45, 2.75) is 102 Å². The van der Waals surface area contributed by atoms with Gasteiger partial charge in [0.15, 0.2) is 0 Å². The minimum absolute atomic E-state index is 0.0800. The quantitative estimate of drug-likeness (QED) is 0.0547. The SMILES string of the molecule is CC(=O)N1CCC(NC2CCN(C(=O)CCCCCCNc3ccc4c(c3)n(C)c(=O)n4C3CCC(=O)NC3=O)CC2)=C(C(=N)N2CCCc3cc(-c4cnn(C)c4)c(C(F)F)cc32)C1. The zero-order chi connectivity index (χ0) is 45.9. The molecule has 18 heteroatoms. The van der Waals surface area contributed by atoms with E-state index in [0.29, 0.717) is 78.9 Å². The van der Waals surface area contributed by atoms with Gasteiger partial charge in [0.25, 0.3) is 6.43 Å². The monoisotopic (exact) mass is 895 g/mol. The van der Waals surface area contributed by atoms with Gasteiger partial charge in [0.2, 0.25) is 23.6 Å². The first-order chi connectivity index (χ1) is 31.3. The van der Waals surface area contributed by atoms with E-state index >= 15 is 0 Å². The molecule has 4 aliphatic heterocycles. The molecule has 0 saturated carbocycles. The number of benzene rings is 2. The predicted molar refractivity (Wildman–Crippen MR) is 244 cm³/mol. The van der Waals surface area contributed by atoms with Gasteiger partial charge in [-0.25, -0.2) is 13.6 Å². The highest BCUT2D eigenvalue weighted by Gasteiger charge is 2.34. The lowest BCUT2D eigenvalue weighted by molar-refractivity contribution is -0.136. The zero-order valence-corrected chi connectivity index (χ0v) is 37.4. The van der Waals surface area contributed by atoms with Crippen molar-refractivity contribution in [2.24, 2.45) is 14.1 Å². The predicted octanol–water partition coefficient (Wildman–Crippen LogP) is 5.54. The van der Waals surface area contributed by atoms with Gasteiger partial charge in [-0.2, -0.15) is 5.10 Å². The first-order valence-electron chi connectivity index (χ1n) is 22.9. The molecule has 4 aliphatic rings. The molecule has 346 valence electrons. The Morgan fingerprint density at radius 3 is 2.43 bits per heavy atom. The molecule has 4 N–H and O–H groups in total. The standard InChI is InChI=1S/C47H59F2N11O5/c1-29(61)58-22-17-37(36(28-58)45(50)59-19-8-9-30-23-34(31-26-52-55(2)27-31)35(44(48)49)25-40(30)59)53-32-15-20-57(21-16-32)43(63)10-6-4-5-7-18-51-33-11-12-38-41(24-33)56(3)47(65)60(38)39-13-14-42(62)54-46(39)64/h11-12,23-27,32,39,44,50-51,53H,4-10,13-22,28H2,1-3H3,(H,54,62,64). The number of nitrogens with one attached hydrogen (secondary N) is 4. The van der Waals surface area contributed by atoms with E-state index in [4.69, 9.17) is 0 Å². The molecule has 65 heavy (non-hydrogen) atoms. The fourth-order valence-electron chi connectivity index (χ4n) is 9.81. The molecule has 1 atom stereocenters. The minimum Gasteiger partial charge on any atom is -0.385 e. The normalized spacial score (nSPS) is 18.4. The Balaban J connectivity index is 0.814. The number of fused-ring (bicyclic) bond motifs is 2. The van der Waals surface area contributed by atoms with Crippen LogP contribution in [-0.4, -0.2) is 103 Å². The first kappa shape index (κ1) is 45.2. The van der Waals surface area contributed by atoms with E-state index < -0.39 is 18.4 Å². The summed E-state index contributed by atoms with van der Waals surface area (Å²) in [5.74, 6) is -0.498. The summed E-state index contributed by atoms with van der Waals surface area (Å²) in [6.07, 6.45) is 8.65. The Morgan fingerprint density at radius 1 is 0.923 bits per heavy atom. The third-order valence-corrected chi connectivity index (χ3v) is 13.5. The van der Waals surface area contributed by atoms with Crippen LogP contribution in [0.3, 0.4) is 0 Å². The Hall–Kier alpha value is -6.33. The third-order valence-electron chi connectivity index (χ3n) is 13.5. The van der Waals surface area contributed by atoms with Gasteiger partial charge in [0.05, 0.1) is 23.8 Å². The summed E-state index contributed by atoms with van der Waals surface area (Å²) in [6.45, 7) is 4.78. The molecule has 4 aromatic rings. The lowest BCUT2D eigenvalue weighted by Gasteiger charge is -2.39. The number of alkyl halides is 2. The van der Waals surface area contributed by atoms with Gasteiger partial charge in [-0.3, -0.25) is 43.7 Å². The second-order valence-electron chi connectivity index (χ2n) is 17.8. The summed E-state index contributed by atoms with van der Waals surface area (Å²) in [5.41, 5.74) is 5.97. The Morgan fingerprint density at radius 2 is 1.71 bits per heavy atom. The van der Waals surface area contributed by atoms with Crippen molar-refractivity contribution in [1.82, 2.24) is 39.3 Å². The van der Waals surface area contributed by atoms with Crippen molar-refractivity contribution in [3.05, 3.63) is 75.6 Å². The van der Waals surface area contributed by atoms with Gasteiger partial charge in [-0.1, -0.05) is 12.8 Å². The fraction of sp³-hybridized carbons (Fsp3) is 0.511. The fourth-order valence-corrected chi connectivity index (χ4v) is 9.81. The maximum Gasteiger partial charge on any atom is 0.329 e. The minimum atomic E-state index is -2.72. The maximum absolute atomic E-state index is 14.6. The lowest BCUT2D eigenvalue weighted by atomic mass is 9.92. The summed E-state index contributed by atoms with van der Waals surface area (Å²) in [6, 6.07) is 8.34. The number of imidazole rings is 1. The van der Waals surface area contributed by atoms with Gasteiger partial charge < -0.3 is 25.3 Å². The average molecular weight is 896 g/mol. The molecule has 2 aromatic heterocycles. The second-order valence-corrected chi connectivity index (χ2v) is 17.8. The molecule has 16 nitrogen and oxygen atoms in total. The van der Waals surface area contributed by atoms with E-state index in [1.807, 2.05) is 34.1 Å². The number of rotatable bonds is 14. The van der Waals surface area contributed by atoms with Crippen molar-refractivity contribution in [3.63, 3.8) is 0 Å². The summed E-state index contributed by atoms with van der Waals surface area (Å²) in [7, 11) is 3.43. The van der Waals surface area contributed by atoms with Crippen molar-refractivity contribution < 1.29 is 28.0 Å². The molecule has 1 unspecified atom stereocenters. The highest BCUT2D eigenvalue weighted by atomic mass is 19.3. The summed E-state index contributed by atoms with van der Waals surface area (Å²) < 4.78 is 33.7. The number of carbonyl (C=O) groups excluding carboxylic acids is 4. The van der Waals surface area contributed by atoms with E-state index in [2.05, 4.69) is 21.0 Å². The van der Waals surface area contributed by atoms with Crippen molar-refractivity contribution in [2.75, 3.05) is 49.5 Å². The van der Waals surface area contributed by atoms with E-state index in [0.717, 1.165) is 68.4 Å². The summed E-state index contributed by atoms with van der Waals surface area (Å²) in [5, 5.41) is 23.2. The number of likely N-dealkylation sites (tertiary alicyclic amines) is 1. The molecule has 0 bridgehead atoms. The van der Waals surface area contributed by atoms with Crippen LogP contribution in [0.5, 0.6) is 0 Å². The number of unbranched alkanes of at least 4 members (excludes halogenated alkanes) is 3. The average Bonchev–Trinajstić information content (AvgIpc) is 3.84. The number of piperidine rings is 2. The number of carbonyl (C=O) groups is 4. The number of aryl methyl sites for hydroxylation is 3. The number of halogens is 2. The molecule has 0 aliphatic carbocycles. The van der Waals surface area contributed by atoms with E-state index in [9.17, 15) is 38.2 Å². The molecular weight excluding hydrogens is 837 g/mol. The molecule has 6 heterocycles. The highest BCUT2D eigenvalue weighted by molar-refractivity contribution is 6.09. The van der Waals surface area contributed by atoms with Crippen LogP contribution < -0.4 is 26.5 Å². The van der Waals surface area contributed by atoms with Gasteiger partial charge >= 0.3 is 5.69 Å². The van der Waals surface area contributed by atoms with Crippen LogP contribution in [0.15, 0.2) is 58.8 Å². The van der Waals surface area contributed by atoms with Gasteiger partial charge in [-0.15, -0.1) is 0 Å². The molecule has 0 radical (unpaired) electrons. The van der Waals surface area contributed by atoms with Crippen molar-refractivity contribution in [1.29, 1.82) is 5.41 Å². The number of nitrogens with zero attached hydrogens (tertiary/aromatic N) is 7. The number of imide groups is 1. The summed E-state index contributed by atoms with van der Waals surface area (Å²) >= 11 is 0. The van der Waals surface area contributed by atoms with Crippen LogP contribution in [0.1, 0.15) is 101 Å². The summed E-state index contributed by atoms with van der Waals surface area (Å²) in [4.78, 5) is 68.6.